The summed E-state index contributed by atoms with van der Waals surface area (Å²) in [5.41, 5.74) is 1.47. The number of carbonyl (C=O) groups is 1. The Morgan fingerprint density at radius 1 is 0.941 bits per heavy atom. The minimum Gasteiger partial charge on any atom is -0.495 e. The second kappa shape index (κ2) is 9.58. The number of aromatic nitrogens is 2. The Morgan fingerprint density at radius 2 is 1.65 bits per heavy atom. The third-order valence-electron chi connectivity index (χ3n) is 5.19. The molecule has 10 heteroatoms. The minimum atomic E-state index is -0.369. The molecule has 0 spiro atoms. The third kappa shape index (κ3) is 4.35. The van der Waals surface area contributed by atoms with E-state index < -0.39 is 0 Å². The van der Waals surface area contributed by atoms with Gasteiger partial charge in [-0.1, -0.05) is 11.6 Å². The smallest absolute Gasteiger partial charge is 0.266 e. The van der Waals surface area contributed by atoms with Gasteiger partial charge in [0.2, 0.25) is 0 Å². The summed E-state index contributed by atoms with van der Waals surface area (Å²) in [5, 5.41) is 3.52. The first-order chi connectivity index (χ1) is 16.4. The van der Waals surface area contributed by atoms with Crippen LogP contribution in [0.3, 0.4) is 0 Å². The zero-order valence-electron chi connectivity index (χ0n) is 18.5. The van der Waals surface area contributed by atoms with Gasteiger partial charge in [0.15, 0.2) is 16.3 Å². The molecule has 34 heavy (non-hydrogen) atoms. The number of benzene rings is 3. The lowest BCUT2D eigenvalue weighted by molar-refractivity contribution is 0.102. The van der Waals surface area contributed by atoms with Gasteiger partial charge in [0, 0.05) is 17.3 Å². The summed E-state index contributed by atoms with van der Waals surface area (Å²) < 4.78 is 17.2. The summed E-state index contributed by atoms with van der Waals surface area (Å²) in [7, 11) is 4.55. The number of fused-ring (bicyclic) bond motifs is 1. The molecule has 174 valence electrons. The molecule has 0 unspecified atom stereocenters. The lowest BCUT2D eigenvalue weighted by atomic mass is 10.1. The van der Waals surface area contributed by atoms with Crippen LogP contribution in [0.1, 0.15) is 10.4 Å². The molecule has 4 aromatic rings. The van der Waals surface area contributed by atoms with Crippen molar-refractivity contribution in [1.82, 2.24) is 9.55 Å². The number of hydrogen-bond donors (Lipinski definition) is 2. The number of hydrogen-bond acceptors (Lipinski definition) is 6. The Bertz CT molecular complexity index is 1530. The number of methoxy groups -OCH3 is 3. The molecule has 0 radical (unpaired) electrons. The topological polar surface area (TPSA) is 94.6 Å². The van der Waals surface area contributed by atoms with Crippen molar-refractivity contribution in [3.05, 3.63) is 80.3 Å². The second-order valence-corrected chi connectivity index (χ2v) is 7.97. The van der Waals surface area contributed by atoms with Crippen molar-refractivity contribution >= 4 is 46.3 Å². The first-order valence-electron chi connectivity index (χ1n) is 10.0. The van der Waals surface area contributed by atoms with Gasteiger partial charge in [-0.3, -0.25) is 14.2 Å². The number of anilines is 1. The number of nitrogens with zero attached hydrogens (tertiary/aromatic N) is 1. The van der Waals surface area contributed by atoms with Crippen molar-refractivity contribution in [2.45, 2.75) is 0 Å². The Balaban J connectivity index is 1.71. The molecule has 0 atom stereocenters. The van der Waals surface area contributed by atoms with Gasteiger partial charge in [0.05, 0.1) is 42.9 Å². The maximum absolute atomic E-state index is 13.3. The van der Waals surface area contributed by atoms with Crippen molar-refractivity contribution in [3.63, 3.8) is 0 Å². The van der Waals surface area contributed by atoms with Crippen LogP contribution in [0.25, 0.3) is 16.6 Å². The molecular weight excluding hydrogens is 478 g/mol. The zero-order chi connectivity index (χ0) is 24.4. The Kier molecular flexibility index (Phi) is 6.58. The maximum atomic E-state index is 13.3. The zero-order valence-corrected chi connectivity index (χ0v) is 20.0. The van der Waals surface area contributed by atoms with Crippen molar-refractivity contribution in [2.75, 3.05) is 26.6 Å². The lowest BCUT2D eigenvalue weighted by Crippen LogP contribution is -2.21. The van der Waals surface area contributed by atoms with E-state index in [9.17, 15) is 9.59 Å². The fourth-order valence-electron chi connectivity index (χ4n) is 3.51. The van der Waals surface area contributed by atoms with Gasteiger partial charge in [-0.2, -0.15) is 0 Å². The van der Waals surface area contributed by atoms with E-state index >= 15 is 0 Å². The summed E-state index contributed by atoms with van der Waals surface area (Å²) in [4.78, 5) is 29.1. The molecule has 0 fully saturated rings. The molecule has 0 aliphatic heterocycles. The van der Waals surface area contributed by atoms with Crippen LogP contribution in [0.4, 0.5) is 5.69 Å². The second-order valence-electron chi connectivity index (χ2n) is 7.17. The van der Waals surface area contributed by atoms with Crippen LogP contribution in [0.5, 0.6) is 17.2 Å². The molecule has 1 heterocycles. The summed E-state index contributed by atoms with van der Waals surface area (Å²) >= 11 is 11.6. The number of amides is 1. The van der Waals surface area contributed by atoms with Crippen LogP contribution >= 0.6 is 23.8 Å². The normalized spacial score (nSPS) is 10.7. The summed E-state index contributed by atoms with van der Waals surface area (Å²) in [6, 6.07) is 14.7. The predicted molar refractivity (Wildman–Crippen MR) is 134 cm³/mol. The van der Waals surface area contributed by atoms with Crippen molar-refractivity contribution in [2.24, 2.45) is 0 Å². The van der Waals surface area contributed by atoms with Gasteiger partial charge in [-0.05, 0) is 60.7 Å². The van der Waals surface area contributed by atoms with E-state index in [1.807, 2.05) is 0 Å². The van der Waals surface area contributed by atoms with Gasteiger partial charge in [0.25, 0.3) is 11.5 Å². The first-order valence-corrected chi connectivity index (χ1v) is 10.8. The number of rotatable bonds is 6. The number of nitrogens with one attached hydrogen (secondary N) is 2. The Hall–Kier alpha value is -3.82. The largest absolute Gasteiger partial charge is 0.495 e. The highest BCUT2D eigenvalue weighted by Crippen LogP contribution is 2.29. The molecule has 0 saturated carbocycles. The standard InChI is InChI=1S/C24H20ClN3O5S/c1-31-19-8-5-14(11-17(19)25)26-22(29)13-4-7-16-18(10-13)27-24(34)28(23(16)30)15-6-9-20(32-2)21(12-15)33-3/h4-12H,1-3H3,(H,26,29)(H,27,34). The molecular formula is C24H20ClN3O5S. The maximum Gasteiger partial charge on any atom is 0.266 e. The predicted octanol–water partition coefficient (Wildman–Crippen LogP) is 4.98. The molecule has 0 bridgehead atoms. The Labute approximate surface area is 204 Å². The van der Waals surface area contributed by atoms with Gasteiger partial charge in [-0.15, -0.1) is 0 Å². The third-order valence-corrected chi connectivity index (χ3v) is 5.77. The van der Waals surface area contributed by atoms with Crippen LogP contribution in [0, 0.1) is 4.77 Å². The summed E-state index contributed by atoms with van der Waals surface area (Å²) in [6.45, 7) is 0. The lowest BCUT2D eigenvalue weighted by Gasteiger charge is -2.12. The van der Waals surface area contributed by atoms with Crippen LogP contribution in [-0.4, -0.2) is 36.8 Å². The minimum absolute atomic E-state index is 0.171. The van der Waals surface area contributed by atoms with Crippen LogP contribution < -0.4 is 25.1 Å². The molecule has 4 rings (SSSR count). The van der Waals surface area contributed by atoms with Gasteiger partial charge in [-0.25, -0.2) is 0 Å². The number of halogens is 1. The SMILES string of the molecule is COc1ccc(NC(=O)c2ccc3c(=O)n(-c4ccc(OC)c(OC)c4)c(=S)[nH]c3c2)cc1Cl. The number of ether oxygens (including phenoxy) is 3. The highest BCUT2D eigenvalue weighted by molar-refractivity contribution is 7.71. The van der Waals surface area contributed by atoms with Crippen molar-refractivity contribution < 1.29 is 19.0 Å². The molecule has 0 aliphatic rings. The molecule has 2 N–H and O–H groups in total. The highest BCUT2D eigenvalue weighted by atomic mass is 35.5. The van der Waals surface area contributed by atoms with E-state index in [0.29, 0.717) is 50.1 Å². The van der Waals surface area contributed by atoms with E-state index in [1.165, 1.54) is 25.9 Å². The molecule has 1 aromatic heterocycles. The highest BCUT2D eigenvalue weighted by Gasteiger charge is 2.14. The van der Waals surface area contributed by atoms with Crippen LogP contribution in [0.2, 0.25) is 5.02 Å². The van der Waals surface area contributed by atoms with Crippen LogP contribution in [-0.2, 0) is 0 Å². The average molecular weight is 498 g/mol. The van der Waals surface area contributed by atoms with E-state index in [-0.39, 0.29) is 16.2 Å². The first kappa shape index (κ1) is 23.3. The van der Waals surface area contributed by atoms with Crippen molar-refractivity contribution in [1.29, 1.82) is 0 Å². The molecule has 8 nitrogen and oxygen atoms in total. The van der Waals surface area contributed by atoms with Crippen molar-refractivity contribution in [3.8, 4) is 22.9 Å². The number of aromatic amines is 1. The molecule has 1 amide bonds. The van der Waals surface area contributed by atoms with E-state index in [2.05, 4.69) is 10.3 Å². The van der Waals surface area contributed by atoms with E-state index in [1.54, 1.807) is 54.6 Å². The van der Waals surface area contributed by atoms with Gasteiger partial charge >= 0.3 is 0 Å². The van der Waals surface area contributed by atoms with Gasteiger partial charge in [0.1, 0.15) is 5.75 Å². The van der Waals surface area contributed by atoms with Crippen LogP contribution in [0.15, 0.2) is 59.4 Å². The molecule has 3 aromatic carbocycles. The van der Waals surface area contributed by atoms with E-state index in [0.717, 1.165) is 0 Å². The summed E-state index contributed by atoms with van der Waals surface area (Å²) in [6.07, 6.45) is 0. The number of H-pyrrole nitrogens is 1. The fraction of sp³-hybridized carbons (Fsp3) is 0.125. The summed E-state index contributed by atoms with van der Waals surface area (Å²) in [5.74, 6) is 1.13. The van der Waals surface area contributed by atoms with E-state index in [4.69, 9.17) is 38.0 Å². The quantitative estimate of drug-likeness (QED) is 0.365. The number of carbonyl (C=O) groups excluding carboxylic acids is 1. The van der Waals surface area contributed by atoms with Gasteiger partial charge < -0.3 is 24.5 Å². The molecule has 0 saturated heterocycles. The average Bonchev–Trinajstić information content (AvgIpc) is 2.83. The monoisotopic (exact) mass is 497 g/mol. The molecule has 0 aliphatic carbocycles. The fourth-order valence-corrected chi connectivity index (χ4v) is 4.06. The Morgan fingerprint density at radius 3 is 2.32 bits per heavy atom.